The smallest absolute Gasteiger partial charge is 0.148 e. The molecule has 0 bridgehead atoms. The van der Waals surface area contributed by atoms with E-state index in [1.165, 1.54) is 12.8 Å². The van der Waals surface area contributed by atoms with Crippen LogP contribution in [0.25, 0.3) is 0 Å². The average Bonchev–Trinajstić information content (AvgIpc) is 2.13. The van der Waals surface area contributed by atoms with Crippen molar-refractivity contribution in [3.63, 3.8) is 0 Å². The summed E-state index contributed by atoms with van der Waals surface area (Å²) < 4.78 is 0. The maximum Gasteiger partial charge on any atom is 0.148 e. The average molecular weight is 191 g/mol. The summed E-state index contributed by atoms with van der Waals surface area (Å²) in [6.07, 6.45) is 4.33. The lowest BCUT2D eigenvalue weighted by Crippen LogP contribution is -2.35. The van der Waals surface area contributed by atoms with Crippen molar-refractivity contribution in [1.82, 2.24) is 10.2 Å². The van der Waals surface area contributed by atoms with Gasteiger partial charge in [0.2, 0.25) is 0 Å². The summed E-state index contributed by atoms with van der Waals surface area (Å²) >= 11 is 0. The zero-order valence-electron chi connectivity index (χ0n) is 8.83. The quantitative estimate of drug-likeness (QED) is 0.796. The summed E-state index contributed by atoms with van der Waals surface area (Å²) in [5.41, 5.74) is 0.564. The highest BCUT2D eigenvalue weighted by Crippen LogP contribution is 2.44. The van der Waals surface area contributed by atoms with Crippen molar-refractivity contribution in [1.29, 1.82) is 0 Å². The molecule has 1 saturated carbocycles. The first-order valence-electron chi connectivity index (χ1n) is 5.17. The number of hydrogen-bond donors (Lipinski definition) is 1. The Morgan fingerprint density at radius 2 is 2.29 bits per heavy atom. The van der Waals surface area contributed by atoms with E-state index in [-0.39, 0.29) is 0 Å². The molecule has 0 aromatic carbocycles. The molecule has 0 atom stereocenters. The molecule has 0 saturated heterocycles. The van der Waals surface area contributed by atoms with Crippen LogP contribution in [0.3, 0.4) is 0 Å². The van der Waals surface area contributed by atoms with Crippen molar-refractivity contribution in [3.05, 3.63) is 18.3 Å². The molecule has 1 aromatic heterocycles. The Labute approximate surface area is 84.9 Å². The van der Waals surface area contributed by atoms with Crippen LogP contribution < -0.4 is 5.32 Å². The third kappa shape index (κ3) is 2.22. The SMILES string of the molecule is CC1(C)CC(CNc2cccnn2)C1. The zero-order valence-corrected chi connectivity index (χ0v) is 8.83. The van der Waals surface area contributed by atoms with Crippen LogP contribution in [-0.4, -0.2) is 16.7 Å². The van der Waals surface area contributed by atoms with Crippen molar-refractivity contribution in [3.8, 4) is 0 Å². The van der Waals surface area contributed by atoms with Gasteiger partial charge in [-0.3, -0.25) is 0 Å². The molecule has 1 aliphatic rings. The van der Waals surface area contributed by atoms with Gasteiger partial charge >= 0.3 is 0 Å². The maximum atomic E-state index is 3.98. The number of anilines is 1. The minimum atomic E-state index is 0.564. The predicted molar refractivity (Wildman–Crippen MR) is 57.0 cm³/mol. The van der Waals surface area contributed by atoms with E-state index in [0.29, 0.717) is 5.41 Å². The molecule has 1 aromatic rings. The second-order valence-corrected chi connectivity index (χ2v) is 4.93. The van der Waals surface area contributed by atoms with Gasteiger partial charge in [-0.1, -0.05) is 13.8 Å². The fourth-order valence-corrected chi connectivity index (χ4v) is 2.29. The number of nitrogens with one attached hydrogen (secondary N) is 1. The minimum Gasteiger partial charge on any atom is -0.368 e. The molecule has 3 nitrogen and oxygen atoms in total. The number of hydrogen-bond acceptors (Lipinski definition) is 3. The van der Waals surface area contributed by atoms with Gasteiger partial charge in [-0.25, -0.2) is 0 Å². The Balaban J connectivity index is 1.75. The van der Waals surface area contributed by atoms with Gasteiger partial charge < -0.3 is 5.32 Å². The second kappa shape index (κ2) is 3.56. The van der Waals surface area contributed by atoms with Gasteiger partial charge in [0, 0.05) is 12.7 Å². The Kier molecular flexibility index (Phi) is 2.40. The van der Waals surface area contributed by atoms with Crippen LogP contribution in [0.5, 0.6) is 0 Å². The first-order valence-corrected chi connectivity index (χ1v) is 5.17. The molecular formula is C11H17N3. The van der Waals surface area contributed by atoms with Gasteiger partial charge in [-0.2, -0.15) is 5.10 Å². The van der Waals surface area contributed by atoms with Crippen molar-refractivity contribution < 1.29 is 0 Å². The molecular weight excluding hydrogens is 174 g/mol. The van der Waals surface area contributed by atoms with Crippen LogP contribution in [0.1, 0.15) is 26.7 Å². The van der Waals surface area contributed by atoms with E-state index >= 15 is 0 Å². The Hall–Kier alpha value is -1.12. The number of rotatable bonds is 3. The second-order valence-electron chi connectivity index (χ2n) is 4.93. The lowest BCUT2D eigenvalue weighted by Gasteiger charge is -2.42. The topological polar surface area (TPSA) is 37.8 Å². The van der Waals surface area contributed by atoms with Crippen LogP contribution >= 0.6 is 0 Å². The highest BCUT2D eigenvalue weighted by atomic mass is 15.2. The monoisotopic (exact) mass is 191 g/mol. The molecule has 14 heavy (non-hydrogen) atoms. The molecule has 2 rings (SSSR count). The molecule has 0 aliphatic heterocycles. The summed E-state index contributed by atoms with van der Waals surface area (Å²) in [7, 11) is 0. The van der Waals surface area contributed by atoms with Gasteiger partial charge in [-0.15, -0.1) is 5.10 Å². The Morgan fingerprint density at radius 1 is 1.50 bits per heavy atom. The number of aromatic nitrogens is 2. The van der Waals surface area contributed by atoms with E-state index in [1.54, 1.807) is 6.20 Å². The van der Waals surface area contributed by atoms with E-state index in [1.807, 2.05) is 12.1 Å². The van der Waals surface area contributed by atoms with Gasteiger partial charge in [-0.05, 0) is 36.3 Å². The van der Waals surface area contributed by atoms with Crippen LogP contribution in [0, 0.1) is 11.3 Å². The van der Waals surface area contributed by atoms with Crippen molar-refractivity contribution >= 4 is 5.82 Å². The van der Waals surface area contributed by atoms with E-state index in [9.17, 15) is 0 Å². The van der Waals surface area contributed by atoms with Crippen molar-refractivity contribution in [2.24, 2.45) is 11.3 Å². The van der Waals surface area contributed by atoms with Crippen LogP contribution in [0.4, 0.5) is 5.82 Å². The summed E-state index contributed by atoms with van der Waals surface area (Å²) in [6, 6.07) is 3.86. The van der Waals surface area contributed by atoms with E-state index < -0.39 is 0 Å². The minimum absolute atomic E-state index is 0.564. The Bertz CT molecular complexity index is 287. The molecule has 0 radical (unpaired) electrons. The largest absolute Gasteiger partial charge is 0.368 e. The van der Waals surface area contributed by atoms with Gasteiger partial charge in [0.1, 0.15) is 5.82 Å². The molecule has 1 aliphatic carbocycles. The third-order valence-corrected chi connectivity index (χ3v) is 2.83. The highest BCUT2D eigenvalue weighted by molar-refractivity contribution is 5.31. The van der Waals surface area contributed by atoms with Crippen molar-refractivity contribution in [2.45, 2.75) is 26.7 Å². The van der Waals surface area contributed by atoms with Crippen LogP contribution in [0.15, 0.2) is 18.3 Å². The fraction of sp³-hybridized carbons (Fsp3) is 0.636. The van der Waals surface area contributed by atoms with E-state index in [4.69, 9.17) is 0 Å². The summed E-state index contributed by atoms with van der Waals surface area (Å²) in [6.45, 7) is 5.68. The van der Waals surface area contributed by atoms with Crippen LogP contribution in [-0.2, 0) is 0 Å². The summed E-state index contributed by atoms with van der Waals surface area (Å²) in [5, 5.41) is 11.1. The number of nitrogens with zero attached hydrogens (tertiary/aromatic N) is 2. The summed E-state index contributed by atoms with van der Waals surface area (Å²) in [4.78, 5) is 0. The molecule has 76 valence electrons. The van der Waals surface area contributed by atoms with Gasteiger partial charge in [0.15, 0.2) is 0 Å². The lowest BCUT2D eigenvalue weighted by atomic mass is 9.64. The lowest BCUT2D eigenvalue weighted by molar-refractivity contribution is 0.106. The van der Waals surface area contributed by atoms with E-state index in [2.05, 4.69) is 29.4 Å². The van der Waals surface area contributed by atoms with E-state index in [0.717, 1.165) is 18.3 Å². The Morgan fingerprint density at radius 3 is 2.86 bits per heavy atom. The maximum absolute atomic E-state index is 3.98. The molecule has 1 fully saturated rings. The van der Waals surface area contributed by atoms with Gasteiger partial charge in [0.25, 0.3) is 0 Å². The first-order chi connectivity index (χ1) is 6.66. The molecule has 0 amide bonds. The molecule has 3 heteroatoms. The highest BCUT2D eigenvalue weighted by Gasteiger charge is 2.35. The first kappa shape index (κ1) is 9.44. The standard InChI is InChI=1S/C11H17N3/c1-11(2)6-9(7-11)8-12-10-4-3-5-13-14-10/h3-5,9H,6-8H2,1-2H3,(H,12,14). The normalized spacial score (nSPS) is 20.1. The fourth-order valence-electron chi connectivity index (χ4n) is 2.29. The van der Waals surface area contributed by atoms with Crippen molar-refractivity contribution in [2.75, 3.05) is 11.9 Å². The molecule has 1 heterocycles. The zero-order chi connectivity index (χ0) is 10.0. The summed E-state index contributed by atoms with van der Waals surface area (Å²) in [5.74, 6) is 1.70. The molecule has 1 N–H and O–H groups in total. The third-order valence-electron chi connectivity index (χ3n) is 2.83. The molecule has 0 spiro atoms. The predicted octanol–water partition coefficient (Wildman–Crippen LogP) is 2.32. The van der Waals surface area contributed by atoms with Gasteiger partial charge in [0.05, 0.1) is 0 Å². The van der Waals surface area contributed by atoms with Crippen LogP contribution in [0.2, 0.25) is 0 Å². The molecule has 0 unspecified atom stereocenters.